The molecule has 0 radical (unpaired) electrons. The molecule has 0 bridgehead atoms. The zero-order valence-corrected chi connectivity index (χ0v) is 12.5. The van der Waals surface area contributed by atoms with Gasteiger partial charge in [-0.2, -0.15) is 0 Å². The molecule has 2 aromatic rings. The van der Waals surface area contributed by atoms with Crippen molar-refractivity contribution in [3.05, 3.63) is 58.3 Å². The highest BCUT2D eigenvalue weighted by Crippen LogP contribution is 2.24. The van der Waals surface area contributed by atoms with E-state index in [0.29, 0.717) is 0 Å². The fourth-order valence-electron chi connectivity index (χ4n) is 1.51. The van der Waals surface area contributed by atoms with Crippen LogP contribution in [0.3, 0.4) is 0 Å². The van der Waals surface area contributed by atoms with Gasteiger partial charge in [-0.05, 0) is 42.8 Å². The Morgan fingerprint density at radius 3 is 2.56 bits per heavy atom. The zero-order valence-electron chi connectivity index (χ0n) is 10.1. The molecule has 1 aromatic heterocycles. The summed E-state index contributed by atoms with van der Waals surface area (Å²) in [6.07, 6.45) is 1.86. The van der Waals surface area contributed by atoms with Gasteiger partial charge >= 0.3 is 0 Å². The lowest BCUT2D eigenvalue weighted by atomic mass is 10.1. The molecule has 94 valence electrons. The second kappa shape index (κ2) is 6.36. The van der Waals surface area contributed by atoms with E-state index >= 15 is 0 Å². The van der Waals surface area contributed by atoms with E-state index in [-0.39, 0.29) is 6.04 Å². The number of aryl methyl sites for hydroxylation is 1. The predicted molar refractivity (Wildman–Crippen MR) is 80.8 cm³/mol. The maximum absolute atomic E-state index is 6.15. The van der Waals surface area contributed by atoms with E-state index < -0.39 is 0 Å². The Bertz CT molecular complexity index is 496. The summed E-state index contributed by atoms with van der Waals surface area (Å²) in [5, 5.41) is 0. The molecule has 2 nitrogen and oxygen atoms in total. The SMILES string of the molecule is Cc1ccc(C(N)CSc2ccc(Br)cc2)cn1. The summed E-state index contributed by atoms with van der Waals surface area (Å²) >= 11 is 5.19. The first-order valence-corrected chi connectivity index (χ1v) is 7.49. The van der Waals surface area contributed by atoms with Crippen molar-refractivity contribution in [2.24, 2.45) is 5.73 Å². The number of hydrogen-bond donors (Lipinski definition) is 1. The first-order valence-electron chi connectivity index (χ1n) is 5.71. The lowest BCUT2D eigenvalue weighted by Gasteiger charge is -2.11. The van der Waals surface area contributed by atoms with E-state index in [0.717, 1.165) is 21.5 Å². The van der Waals surface area contributed by atoms with Crippen molar-refractivity contribution in [1.82, 2.24) is 4.98 Å². The molecule has 1 unspecified atom stereocenters. The van der Waals surface area contributed by atoms with Crippen LogP contribution < -0.4 is 5.73 Å². The summed E-state index contributed by atoms with van der Waals surface area (Å²) in [7, 11) is 0. The molecule has 0 spiro atoms. The maximum Gasteiger partial charge on any atom is 0.0405 e. The number of nitrogens with two attached hydrogens (primary N) is 1. The molecule has 4 heteroatoms. The van der Waals surface area contributed by atoms with Crippen LogP contribution in [0.4, 0.5) is 0 Å². The molecule has 1 aromatic carbocycles. The van der Waals surface area contributed by atoms with Crippen LogP contribution in [0.2, 0.25) is 0 Å². The summed E-state index contributed by atoms with van der Waals surface area (Å²) in [6, 6.07) is 12.3. The maximum atomic E-state index is 6.15. The van der Waals surface area contributed by atoms with Gasteiger partial charge in [0.05, 0.1) is 0 Å². The largest absolute Gasteiger partial charge is 0.323 e. The Labute approximate surface area is 120 Å². The van der Waals surface area contributed by atoms with Crippen molar-refractivity contribution in [3.63, 3.8) is 0 Å². The Kier molecular flexibility index (Phi) is 4.80. The van der Waals surface area contributed by atoms with E-state index in [9.17, 15) is 0 Å². The van der Waals surface area contributed by atoms with Crippen LogP contribution in [0, 0.1) is 6.92 Å². The van der Waals surface area contributed by atoms with E-state index in [1.807, 2.05) is 31.3 Å². The molecule has 1 heterocycles. The highest BCUT2D eigenvalue weighted by Gasteiger charge is 2.07. The smallest absolute Gasteiger partial charge is 0.0405 e. The van der Waals surface area contributed by atoms with Crippen molar-refractivity contribution < 1.29 is 0 Å². The normalized spacial score (nSPS) is 12.4. The molecular formula is C14H15BrN2S. The number of benzene rings is 1. The van der Waals surface area contributed by atoms with Gasteiger partial charge < -0.3 is 5.73 Å². The number of aromatic nitrogens is 1. The second-order valence-corrected chi connectivity index (χ2v) is 6.11. The molecule has 18 heavy (non-hydrogen) atoms. The summed E-state index contributed by atoms with van der Waals surface area (Å²) in [4.78, 5) is 5.50. The number of thioether (sulfide) groups is 1. The average molecular weight is 323 g/mol. The van der Waals surface area contributed by atoms with E-state index in [1.54, 1.807) is 11.8 Å². The standard InChI is InChI=1S/C14H15BrN2S/c1-10-2-3-11(8-17-10)14(16)9-18-13-6-4-12(15)5-7-13/h2-8,14H,9,16H2,1H3. The first-order chi connectivity index (χ1) is 8.65. The number of halogens is 1. The van der Waals surface area contributed by atoms with Crippen LogP contribution in [0.15, 0.2) is 52.0 Å². The van der Waals surface area contributed by atoms with E-state index in [1.165, 1.54) is 4.90 Å². The van der Waals surface area contributed by atoms with Crippen molar-refractivity contribution in [2.45, 2.75) is 17.9 Å². The molecule has 0 aliphatic heterocycles. The topological polar surface area (TPSA) is 38.9 Å². The van der Waals surface area contributed by atoms with Crippen molar-refractivity contribution in [2.75, 3.05) is 5.75 Å². The highest BCUT2D eigenvalue weighted by atomic mass is 79.9. The number of nitrogens with zero attached hydrogens (tertiary/aromatic N) is 1. The number of pyridine rings is 1. The second-order valence-electron chi connectivity index (χ2n) is 4.10. The van der Waals surface area contributed by atoms with Gasteiger partial charge in [0.1, 0.15) is 0 Å². The minimum atomic E-state index is 0.0201. The zero-order chi connectivity index (χ0) is 13.0. The number of rotatable bonds is 4. The fourth-order valence-corrected chi connectivity index (χ4v) is 2.67. The van der Waals surface area contributed by atoms with Crippen LogP contribution in [-0.4, -0.2) is 10.7 Å². The molecule has 0 amide bonds. The Morgan fingerprint density at radius 2 is 1.94 bits per heavy atom. The van der Waals surface area contributed by atoms with Gasteiger partial charge in [0.2, 0.25) is 0 Å². The van der Waals surface area contributed by atoms with Crippen LogP contribution in [-0.2, 0) is 0 Å². The summed E-state index contributed by atoms with van der Waals surface area (Å²) in [5.41, 5.74) is 8.26. The number of hydrogen-bond acceptors (Lipinski definition) is 3. The Hall–Kier alpha value is -0.840. The molecule has 0 saturated carbocycles. The molecule has 0 fully saturated rings. The molecule has 0 aliphatic carbocycles. The van der Waals surface area contributed by atoms with Crippen LogP contribution in [0.25, 0.3) is 0 Å². The molecule has 1 atom stereocenters. The van der Waals surface area contributed by atoms with Gasteiger partial charge in [-0.3, -0.25) is 4.98 Å². The summed E-state index contributed by atoms with van der Waals surface area (Å²) < 4.78 is 1.10. The molecular weight excluding hydrogens is 308 g/mol. The summed E-state index contributed by atoms with van der Waals surface area (Å²) in [5.74, 6) is 0.854. The Morgan fingerprint density at radius 1 is 1.22 bits per heavy atom. The van der Waals surface area contributed by atoms with Crippen molar-refractivity contribution in [1.29, 1.82) is 0 Å². The monoisotopic (exact) mass is 322 g/mol. The lowest BCUT2D eigenvalue weighted by Crippen LogP contribution is -2.13. The third-order valence-electron chi connectivity index (χ3n) is 2.61. The molecule has 2 N–H and O–H groups in total. The molecule has 0 saturated heterocycles. The molecule has 2 rings (SSSR count). The van der Waals surface area contributed by atoms with Crippen LogP contribution in [0.1, 0.15) is 17.3 Å². The Balaban J connectivity index is 1.93. The van der Waals surface area contributed by atoms with Gasteiger partial charge in [-0.25, -0.2) is 0 Å². The summed E-state index contributed by atoms with van der Waals surface area (Å²) in [6.45, 7) is 1.98. The minimum absolute atomic E-state index is 0.0201. The van der Waals surface area contributed by atoms with Crippen molar-refractivity contribution in [3.8, 4) is 0 Å². The van der Waals surface area contributed by atoms with Gasteiger partial charge in [-0.15, -0.1) is 11.8 Å². The van der Waals surface area contributed by atoms with E-state index in [2.05, 4.69) is 39.1 Å². The van der Waals surface area contributed by atoms with Crippen LogP contribution >= 0.6 is 27.7 Å². The van der Waals surface area contributed by atoms with E-state index in [4.69, 9.17) is 5.73 Å². The fraction of sp³-hybridized carbons (Fsp3) is 0.214. The minimum Gasteiger partial charge on any atom is -0.323 e. The van der Waals surface area contributed by atoms with Crippen LogP contribution in [0.5, 0.6) is 0 Å². The third kappa shape index (κ3) is 3.83. The molecule has 0 aliphatic rings. The van der Waals surface area contributed by atoms with Gasteiger partial charge in [0, 0.05) is 33.1 Å². The first kappa shape index (κ1) is 13.6. The van der Waals surface area contributed by atoms with Gasteiger partial charge in [0.25, 0.3) is 0 Å². The van der Waals surface area contributed by atoms with Gasteiger partial charge in [0.15, 0.2) is 0 Å². The quantitative estimate of drug-likeness (QED) is 0.866. The lowest BCUT2D eigenvalue weighted by molar-refractivity contribution is 0.822. The average Bonchev–Trinajstić information content (AvgIpc) is 2.38. The van der Waals surface area contributed by atoms with Crippen molar-refractivity contribution >= 4 is 27.7 Å². The van der Waals surface area contributed by atoms with Gasteiger partial charge in [-0.1, -0.05) is 22.0 Å². The third-order valence-corrected chi connectivity index (χ3v) is 4.27. The highest BCUT2D eigenvalue weighted by molar-refractivity contribution is 9.10. The predicted octanol–water partition coefficient (Wildman–Crippen LogP) is 3.94.